The van der Waals surface area contributed by atoms with Crippen molar-refractivity contribution in [2.75, 3.05) is 11.2 Å². The van der Waals surface area contributed by atoms with Crippen molar-refractivity contribution in [3.8, 4) is 0 Å². The Morgan fingerprint density at radius 1 is 1.67 bits per heavy atom. The van der Waals surface area contributed by atoms with Gasteiger partial charge in [0.05, 0.1) is 17.6 Å². The predicted molar refractivity (Wildman–Crippen MR) is 46.1 cm³/mol. The van der Waals surface area contributed by atoms with Crippen LogP contribution in [0.2, 0.25) is 0 Å². The van der Waals surface area contributed by atoms with E-state index < -0.39 is 0 Å². The van der Waals surface area contributed by atoms with E-state index in [1.54, 1.807) is 12.3 Å². The molecule has 0 saturated heterocycles. The highest BCUT2D eigenvalue weighted by molar-refractivity contribution is 5.76. The highest BCUT2D eigenvalue weighted by atomic mass is 16.2. The number of carbonyl (C=O) groups excluding carboxylic acids is 1. The summed E-state index contributed by atoms with van der Waals surface area (Å²) in [6.07, 6.45) is 3.09. The predicted octanol–water partition coefficient (Wildman–Crippen LogP) is 0.127. The van der Waals surface area contributed by atoms with E-state index in [0.29, 0.717) is 11.4 Å². The Kier molecular flexibility index (Phi) is 2.47. The van der Waals surface area contributed by atoms with Crippen molar-refractivity contribution in [3.63, 3.8) is 0 Å². The number of nitrogens with one attached hydrogen (secondary N) is 2. The second kappa shape index (κ2) is 3.56. The molecule has 64 valence electrons. The van der Waals surface area contributed by atoms with Gasteiger partial charge in [0.2, 0.25) is 5.91 Å². The van der Waals surface area contributed by atoms with E-state index in [1.807, 2.05) is 0 Å². The Bertz CT molecular complexity index is 286. The minimum Gasteiger partial charge on any atom is -0.396 e. The molecular formula is C7H10N4O. The van der Waals surface area contributed by atoms with Gasteiger partial charge < -0.3 is 5.73 Å². The minimum absolute atomic E-state index is 0.175. The molecular weight excluding hydrogens is 156 g/mol. The molecule has 0 unspecified atom stereocenters. The van der Waals surface area contributed by atoms with Gasteiger partial charge in [0.25, 0.3) is 0 Å². The summed E-state index contributed by atoms with van der Waals surface area (Å²) in [4.78, 5) is 14.3. The Hall–Kier alpha value is -1.78. The molecule has 0 radical (unpaired) electrons. The van der Waals surface area contributed by atoms with Crippen molar-refractivity contribution in [2.45, 2.75) is 6.92 Å². The van der Waals surface area contributed by atoms with Crippen molar-refractivity contribution in [3.05, 3.63) is 18.5 Å². The van der Waals surface area contributed by atoms with Crippen molar-refractivity contribution in [1.29, 1.82) is 0 Å². The third kappa shape index (κ3) is 2.12. The monoisotopic (exact) mass is 166 g/mol. The van der Waals surface area contributed by atoms with E-state index in [-0.39, 0.29) is 5.91 Å². The molecule has 1 rings (SSSR count). The van der Waals surface area contributed by atoms with Gasteiger partial charge in [-0.05, 0) is 6.07 Å². The first-order chi connectivity index (χ1) is 5.70. The number of nitrogens with two attached hydrogens (primary N) is 1. The molecule has 12 heavy (non-hydrogen) atoms. The highest BCUT2D eigenvalue weighted by Gasteiger charge is 1.96. The van der Waals surface area contributed by atoms with Gasteiger partial charge in [-0.2, -0.15) is 0 Å². The Labute approximate surface area is 70.0 Å². The standard InChI is InChI=1S/C7H10N4O/c1-5(12)10-11-7-2-3-9-4-6(7)8/h2-4H,8H2,1H3,(H,9,11)(H,10,12). The summed E-state index contributed by atoms with van der Waals surface area (Å²) in [6, 6.07) is 1.67. The van der Waals surface area contributed by atoms with E-state index in [2.05, 4.69) is 15.8 Å². The number of rotatable bonds is 2. The quantitative estimate of drug-likeness (QED) is 0.545. The number of aromatic nitrogens is 1. The summed E-state index contributed by atoms with van der Waals surface area (Å²) in [6.45, 7) is 1.41. The first-order valence-electron chi connectivity index (χ1n) is 3.42. The summed E-state index contributed by atoms with van der Waals surface area (Å²) >= 11 is 0. The van der Waals surface area contributed by atoms with Gasteiger partial charge >= 0.3 is 0 Å². The number of amides is 1. The van der Waals surface area contributed by atoms with Crippen LogP contribution in [-0.2, 0) is 4.79 Å². The van der Waals surface area contributed by atoms with E-state index in [1.165, 1.54) is 13.1 Å². The van der Waals surface area contributed by atoms with Gasteiger partial charge in [-0.3, -0.25) is 20.6 Å². The van der Waals surface area contributed by atoms with Crippen LogP contribution in [-0.4, -0.2) is 10.9 Å². The average molecular weight is 166 g/mol. The van der Waals surface area contributed by atoms with Crippen LogP contribution in [0.25, 0.3) is 0 Å². The van der Waals surface area contributed by atoms with Crippen molar-refractivity contribution in [2.24, 2.45) is 0 Å². The largest absolute Gasteiger partial charge is 0.396 e. The van der Waals surface area contributed by atoms with E-state index in [9.17, 15) is 4.79 Å². The van der Waals surface area contributed by atoms with Gasteiger partial charge in [0, 0.05) is 13.1 Å². The zero-order valence-corrected chi connectivity index (χ0v) is 6.66. The highest BCUT2D eigenvalue weighted by Crippen LogP contribution is 2.13. The zero-order chi connectivity index (χ0) is 8.97. The fourth-order valence-corrected chi connectivity index (χ4v) is 0.676. The average Bonchev–Trinajstić information content (AvgIpc) is 2.03. The van der Waals surface area contributed by atoms with Crippen LogP contribution in [0.1, 0.15) is 6.92 Å². The van der Waals surface area contributed by atoms with Crippen LogP contribution in [0.5, 0.6) is 0 Å². The molecule has 5 nitrogen and oxygen atoms in total. The SMILES string of the molecule is CC(=O)NNc1ccncc1N. The lowest BCUT2D eigenvalue weighted by Gasteiger charge is -2.07. The second-order valence-corrected chi connectivity index (χ2v) is 2.27. The Morgan fingerprint density at radius 2 is 2.42 bits per heavy atom. The third-order valence-corrected chi connectivity index (χ3v) is 1.23. The van der Waals surface area contributed by atoms with Crippen LogP contribution in [0.4, 0.5) is 11.4 Å². The molecule has 1 amide bonds. The molecule has 0 aromatic carbocycles. The van der Waals surface area contributed by atoms with E-state index in [0.717, 1.165) is 0 Å². The summed E-state index contributed by atoms with van der Waals surface area (Å²) in [5.41, 5.74) is 11.7. The molecule has 0 fully saturated rings. The van der Waals surface area contributed by atoms with Gasteiger partial charge in [-0.25, -0.2) is 0 Å². The maximum atomic E-state index is 10.5. The number of carbonyl (C=O) groups is 1. The maximum Gasteiger partial charge on any atom is 0.235 e. The molecule has 0 spiro atoms. The maximum absolute atomic E-state index is 10.5. The first kappa shape index (κ1) is 8.32. The fraction of sp³-hybridized carbons (Fsp3) is 0.143. The van der Waals surface area contributed by atoms with Crippen molar-refractivity contribution in [1.82, 2.24) is 10.4 Å². The molecule has 0 aliphatic rings. The normalized spacial score (nSPS) is 9.08. The number of hydrazine groups is 1. The summed E-state index contributed by atoms with van der Waals surface area (Å²) in [5.74, 6) is -0.175. The first-order valence-corrected chi connectivity index (χ1v) is 3.42. The lowest BCUT2D eigenvalue weighted by atomic mass is 10.4. The number of anilines is 2. The molecule has 1 aromatic heterocycles. The van der Waals surface area contributed by atoms with Gasteiger partial charge in [0.1, 0.15) is 0 Å². The second-order valence-electron chi connectivity index (χ2n) is 2.27. The van der Waals surface area contributed by atoms with Gasteiger partial charge in [-0.15, -0.1) is 0 Å². The van der Waals surface area contributed by atoms with Crippen LogP contribution in [0.3, 0.4) is 0 Å². The number of hydrogen-bond donors (Lipinski definition) is 3. The van der Waals surface area contributed by atoms with Gasteiger partial charge in [0.15, 0.2) is 0 Å². The number of pyridine rings is 1. The van der Waals surface area contributed by atoms with Crippen molar-refractivity contribution < 1.29 is 4.79 Å². The summed E-state index contributed by atoms with van der Waals surface area (Å²) in [5, 5.41) is 0. The topological polar surface area (TPSA) is 80.0 Å². The zero-order valence-electron chi connectivity index (χ0n) is 6.66. The molecule has 1 aromatic rings. The lowest BCUT2D eigenvalue weighted by Crippen LogP contribution is -2.26. The van der Waals surface area contributed by atoms with Crippen LogP contribution in [0, 0.1) is 0 Å². The molecule has 0 atom stereocenters. The Balaban J connectivity index is 2.63. The molecule has 0 saturated carbocycles. The minimum atomic E-state index is -0.175. The smallest absolute Gasteiger partial charge is 0.235 e. The van der Waals surface area contributed by atoms with Crippen LogP contribution < -0.4 is 16.6 Å². The molecule has 1 heterocycles. The summed E-state index contributed by atoms with van der Waals surface area (Å²) in [7, 11) is 0. The number of nitrogen functional groups attached to an aromatic ring is 1. The number of nitrogens with zero attached hydrogens (tertiary/aromatic N) is 1. The van der Waals surface area contributed by atoms with Crippen LogP contribution in [0.15, 0.2) is 18.5 Å². The van der Waals surface area contributed by atoms with Crippen LogP contribution >= 0.6 is 0 Å². The molecule has 5 heteroatoms. The van der Waals surface area contributed by atoms with Gasteiger partial charge in [-0.1, -0.05) is 0 Å². The Morgan fingerprint density at radius 3 is 3.00 bits per heavy atom. The van der Waals surface area contributed by atoms with E-state index in [4.69, 9.17) is 5.73 Å². The lowest BCUT2D eigenvalue weighted by molar-refractivity contribution is -0.118. The number of hydrogen-bond acceptors (Lipinski definition) is 4. The molecule has 0 bridgehead atoms. The van der Waals surface area contributed by atoms with Crippen molar-refractivity contribution >= 4 is 17.3 Å². The fourth-order valence-electron chi connectivity index (χ4n) is 0.676. The van der Waals surface area contributed by atoms with E-state index >= 15 is 0 Å². The summed E-state index contributed by atoms with van der Waals surface area (Å²) < 4.78 is 0. The molecule has 0 aliphatic heterocycles. The third-order valence-electron chi connectivity index (χ3n) is 1.23. The molecule has 4 N–H and O–H groups in total. The molecule has 0 aliphatic carbocycles.